The van der Waals surface area contributed by atoms with Crippen LogP contribution in [0.4, 0.5) is 5.95 Å². The number of hydrogen-bond donors (Lipinski definition) is 1. The molecule has 4 rings (SSSR count). The molecule has 6 heteroatoms. The number of carboxylic acid groups (broad SMARTS) is 1. The molecule has 0 unspecified atom stereocenters. The number of hydrogen-bond acceptors (Lipinski definition) is 5. The molecule has 0 bridgehead atoms. The topological polar surface area (TPSA) is 75.5 Å². The van der Waals surface area contributed by atoms with Gasteiger partial charge in [-0.15, -0.1) is 0 Å². The molecule has 0 aliphatic carbocycles. The Morgan fingerprint density at radius 2 is 1.90 bits per heavy atom. The van der Waals surface area contributed by atoms with E-state index in [1.54, 1.807) is 0 Å². The molecule has 0 amide bonds. The number of fused-ring (bicyclic) bond motifs is 1. The summed E-state index contributed by atoms with van der Waals surface area (Å²) in [7, 11) is 0. The summed E-state index contributed by atoms with van der Waals surface area (Å²) in [5.41, 5.74) is 4.29. The van der Waals surface area contributed by atoms with Crippen molar-refractivity contribution in [3.05, 3.63) is 82.7 Å². The lowest BCUT2D eigenvalue weighted by molar-refractivity contribution is 0.0692. The monoisotopic (exact) mass is 403 g/mol. The lowest BCUT2D eigenvalue weighted by atomic mass is 10.0. The first-order valence-electron chi connectivity index (χ1n) is 10.3. The maximum absolute atomic E-state index is 11.7. The van der Waals surface area contributed by atoms with Crippen LogP contribution >= 0.6 is 0 Å². The van der Waals surface area contributed by atoms with E-state index in [1.807, 2.05) is 30.3 Å². The van der Waals surface area contributed by atoms with E-state index in [4.69, 9.17) is 4.74 Å². The number of aryl methyl sites for hydroxylation is 1. The van der Waals surface area contributed by atoms with Crippen LogP contribution in [0.15, 0.2) is 54.7 Å². The van der Waals surface area contributed by atoms with E-state index < -0.39 is 5.97 Å². The summed E-state index contributed by atoms with van der Waals surface area (Å²) in [5, 5.41) is 9.54. The van der Waals surface area contributed by atoms with Crippen molar-refractivity contribution in [3.8, 4) is 5.75 Å². The molecule has 6 nitrogen and oxygen atoms in total. The highest BCUT2D eigenvalue weighted by atomic mass is 16.5. The molecule has 1 aliphatic rings. The van der Waals surface area contributed by atoms with Gasteiger partial charge in [-0.05, 0) is 41.7 Å². The highest BCUT2D eigenvalue weighted by Gasteiger charge is 2.21. The predicted octanol–water partition coefficient (Wildman–Crippen LogP) is 4.27. The molecule has 0 saturated heterocycles. The molecule has 0 atom stereocenters. The van der Waals surface area contributed by atoms with Gasteiger partial charge in [-0.3, -0.25) is 0 Å². The van der Waals surface area contributed by atoms with Crippen molar-refractivity contribution < 1.29 is 14.6 Å². The van der Waals surface area contributed by atoms with Crippen LogP contribution in [0.25, 0.3) is 0 Å². The van der Waals surface area contributed by atoms with Gasteiger partial charge in [-0.25, -0.2) is 14.8 Å². The van der Waals surface area contributed by atoms with Gasteiger partial charge < -0.3 is 14.7 Å². The average molecular weight is 403 g/mol. The van der Waals surface area contributed by atoms with Crippen LogP contribution < -0.4 is 9.64 Å². The first-order chi connectivity index (χ1) is 14.6. The Morgan fingerprint density at radius 3 is 2.63 bits per heavy atom. The summed E-state index contributed by atoms with van der Waals surface area (Å²) in [6, 6.07) is 16.2. The minimum absolute atomic E-state index is 0.0683. The molecular formula is C24H25N3O3. The third-order valence-electron chi connectivity index (χ3n) is 5.34. The zero-order valence-corrected chi connectivity index (χ0v) is 17.0. The summed E-state index contributed by atoms with van der Waals surface area (Å²) in [6.45, 7) is 3.73. The predicted molar refractivity (Wildman–Crippen MR) is 115 cm³/mol. The maximum atomic E-state index is 11.7. The quantitative estimate of drug-likeness (QED) is 0.635. The lowest BCUT2D eigenvalue weighted by Crippen LogP contribution is -2.32. The molecule has 0 spiro atoms. The summed E-state index contributed by atoms with van der Waals surface area (Å²) in [6.07, 6.45) is 4.41. The minimum Gasteiger partial charge on any atom is -0.487 e. The van der Waals surface area contributed by atoms with Crippen molar-refractivity contribution in [1.29, 1.82) is 0 Å². The van der Waals surface area contributed by atoms with E-state index in [9.17, 15) is 9.90 Å². The van der Waals surface area contributed by atoms with Gasteiger partial charge in [-0.2, -0.15) is 0 Å². The van der Waals surface area contributed by atoms with Gasteiger partial charge in [0.05, 0.1) is 5.69 Å². The summed E-state index contributed by atoms with van der Waals surface area (Å²) < 4.78 is 5.84. The van der Waals surface area contributed by atoms with Gasteiger partial charge in [-0.1, -0.05) is 49.7 Å². The molecule has 0 radical (unpaired) electrons. The molecule has 2 heterocycles. The standard InChI is InChI=1S/C24H25N3O3/c1-2-5-17-8-10-20(11-9-17)30-16-22-21(23(28)29)14-25-24(26-22)27-13-12-18-6-3-4-7-19(18)15-27/h3-4,6-11,14H,2,5,12-13,15-16H2,1H3,(H,28,29). The molecule has 0 saturated carbocycles. The molecule has 1 aromatic heterocycles. The number of benzene rings is 2. The fourth-order valence-corrected chi connectivity index (χ4v) is 3.71. The van der Waals surface area contributed by atoms with E-state index in [1.165, 1.54) is 22.9 Å². The number of carboxylic acids is 1. The van der Waals surface area contributed by atoms with Gasteiger partial charge in [0, 0.05) is 19.3 Å². The third-order valence-corrected chi connectivity index (χ3v) is 5.34. The number of nitrogens with zero attached hydrogens (tertiary/aromatic N) is 3. The van der Waals surface area contributed by atoms with E-state index in [0.29, 0.717) is 23.9 Å². The Bertz CT molecular complexity index is 1030. The van der Waals surface area contributed by atoms with Crippen molar-refractivity contribution in [2.24, 2.45) is 0 Å². The second-order valence-electron chi connectivity index (χ2n) is 7.46. The van der Waals surface area contributed by atoms with E-state index in [-0.39, 0.29) is 12.2 Å². The second kappa shape index (κ2) is 8.95. The van der Waals surface area contributed by atoms with Gasteiger partial charge in [0.1, 0.15) is 17.9 Å². The number of rotatable bonds is 7. The van der Waals surface area contributed by atoms with Crippen LogP contribution in [0.5, 0.6) is 5.75 Å². The van der Waals surface area contributed by atoms with Crippen LogP contribution in [0.2, 0.25) is 0 Å². The minimum atomic E-state index is -1.05. The van der Waals surface area contributed by atoms with Crippen LogP contribution in [-0.2, 0) is 26.0 Å². The fraction of sp³-hybridized carbons (Fsp3) is 0.292. The number of ether oxygens (including phenoxy) is 1. The largest absolute Gasteiger partial charge is 0.487 e. The summed E-state index contributed by atoms with van der Waals surface area (Å²) in [4.78, 5) is 22.6. The van der Waals surface area contributed by atoms with Crippen LogP contribution in [0.1, 0.15) is 46.1 Å². The van der Waals surface area contributed by atoms with E-state index in [2.05, 4.69) is 40.0 Å². The molecule has 0 fully saturated rings. The summed E-state index contributed by atoms with van der Waals surface area (Å²) in [5.74, 6) is 0.173. The Balaban J connectivity index is 1.52. The van der Waals surface area contributed by atoms with Gasteiger partial charge in [0.15, 0.2) is 0 Å². The van der Waals surface area contributed by atoms with Gasteiger partial charge in [0.2, 0.25) is 5.95 Å². The summed E-state index contributed by atoms with van der Waals surface area (Å²) >= 11 is 0. The molecule has 2 aromatic carbocycles. The zero-order chi connectivity index (χ0) is 20.9. The van der Waals surface area contributed by atoms with Crippen molar-refractivity contribution in [2.45, 2.75) is 39.3 Å². The smallest absolute Gasteiger partial charge is 0.339 e. The van der Waals surface area contributed by atoms with E-state index in [0.717, 1.165) is 25.8 Å². The first-order valence-corrected chi connectivity index (χ1v) is 10.3. The third kappa shape index (κ3) is 4.43. The van der Waals surface area contributed by atoms with Crippen LogP contribution in [-0.4, -0.2) is 27.6 Å². The van der Waals surface area contributed by atoms with Crippen molar-refractivity contribution >= 4 is 11.9 Å². The molecule has 30 heavy (non-hydrogen) atoms. The number of anilines is 1. The zero-order valence-electron chi connectivity index (χ0n) is 17.0. The van der Waals surface area contributed by atoms with Crippen LogP contribution in [0.3, 0.4) is 0 Å². The van der Waals surface area contributed by atoms with Crippen molar-refractivity contribution in [3.63, 3.8) is 0 Å². The van der Waals surface area contributed by atoms with Crippen molar-refractivity contribution in [2.75, 3.05) is 11.4 Å². The van der Waals surface area contributed by atoms with Crippen LogP contribution in [0, 0.1) is 0 Å². The normalized spacial score (nSPS) is 13.0. The first kappa shape index (κ1) is 19.9. The second-order valence-corrected chi connectivity index (χ2v) is 7.46. The Morgan fingerprint density at radius 1 is 1.13 bits per heavy atom. The molecule has 1 aliphatic heterocycles. The highest BCUT2D eigenvalue weighted by molar-refractivity contribution is 5.88. The fourth-order valence-electron chi connectivity index (χ4n) is 3.71. The van der Waals surface area contributed by atoms with E-state index >= 15 is 0 Å². The SMILES string of the molecule is CCCc1ccc(OCc2nc(N3CCc4ccccc4C3)ncc2C(=O)O)cc1. The molecule has 3 aromatic rings. The maximum Gasteiger partial charge on any atom is 0.339 e. The molecule has 1 N–H and O–H groups in total. The Hall–Kier alpha value is -3.41. The Labute approximate surface area is 176 Å². The highest BCUT2D eigenvalue weighted by Crippen LogP contribution is 2.23. The van der Waals surface area contributed by atoms with Gasteiger partial charge >= 0.3 is 5.97 Å². The number of carbonyl (C=O) groups is 1. The molecule has 154 valence electrons. The van der Waals surface area contributed by atoms with Crippen molar-refractivity contribution in [1.82, 2.24) is 9.97 Å². The molecular weight excluding hydrogens is 378 g/mol. The Kier molecular flexibility index (Phi) is 5.93. The number of aromatic nitrogens is 2. The number of aromatic carboxylic acids is 1. The van der Waals surface area contributed by atoms with Gasteiger partial charge in [0.25, 0.3) is 0 Å². The lowest BCUT2D eigenvalue weighted by Gasteiger charge is -2.29. The average Bonchev–Trinajstić information content (AvgIpc) is 2.78.